The molecule has 0 bridgehead atoms. The van der Waals surface area contributed by atoms with E-state index in [0.29, 0.717) is 16.0 Å². The summed E-state index contributed by atoms with van der Waals surface area (Å²) in [6.07, 6.45) is 0. The molecular formula is C14H10ClFN2OS. The van der Waals surface area contributed by atoms with Crippen LogP contribution in [0, 0.1) is 12.7 Å². The molecule has 6 heteroatoms. The smallest absolute Gasteiger partial charge is 0.259 e. The van der Waals surface area contributed by atoms with Gasteiger partial charge in [-0.05, 0) is 30.2 Å². The topological polar surface area (TPSA) is 45.8 Å². The monoisotopic (exact) mass is 308 g/mol. The van der Waals surface area contributed by atoms with Crippen LogP contribution in [-0.2, 0) is 5.88 Å². The average molecular weight is 309 g/mol. The first kappa shape index (κ1) is 13.3. The molecule has 3 aromatic rings. The van der Waals surface area contributed by atoms with Crippen LogP contribution in [0.1, 0.15) is 11.4 Å². The van der Waals surface area contributed by atoms with Gasteiger partial charge in [0.15, 0.2) is 0 Å². The molecule has 0 radical (unpaired) electrons. The number of hydrogen-bond acceptors (Lipinski definition) is 3. The van der Waals surface area contributed by atoms with Crippen molar-refractivity contribution in [1.29, 1.82) is 0 Å². The van der Waals surface area contributed by atoms with Crippen molar-refractivity contribution in [3.8, 4) is 10.4 Å². The molecular weight excluding hydrogens is 299 g/mol. The van der Waals surface area contributed by atoms with E-state index >= 15 is 0 Å². The molecule has 0 spiro atoms. The fourth-order valence-electron chi connectivity index (χ4n) is 2.13. The van der Waals surface area contributed by atoms with Gasteiger partial charge in [-0.15, -0.1) is 22.9 Å². The number of aromatic amines is 1. The molecule has 0 aliphatic heterocycles. The Bertz CT molecular complexity index is 839. The summed E-state index contributed by atoms with van der Waals surface area (Å²) in [5.74, 6) is 0.331. The Morgan fingerprint density at radius 2 is 2.05 bits per heavy atom. The van der Waals surface area contributed by atoms with Crippen LogP contribution in [-0.4, -0.2) is 9.97 Å². The standard InChI is InChI=1S/C14H10ClFN2OS/c1-7-11-13(19)17-10(6-15)18-14(11)20-12(7)8-2-4-9(16)5-3-8/h2-5H,6H2,1H3,(H,17,18,19). The average Bonchev–Trinajstić information content (AvgIpc) is 2.77. The lowest BCUT2D eigenvalue weighted by Gasteiger charge is -1.99. The molecule has 0 saturated carbocycles. The Morgan fingerprint density at radius 1 is 1.35 bits per heavy atom. The number of hydrogen-bond donors (Lipinski definition) is 1. The van der Waals surface area contributed by atoms with Crippen molar-refractivity contribution in [3.63, 3.8) is 0 Å². The minimum atomic E-state index is -0.284. The summed E-state index contributed by atoms with van der Waals surface area (Å²) in [7, 11) is 0. The fraction of sp³-hybridized carbons (Fsp3) is 0.143. The molecule has 20 heavy (non-hydrogen) atoms. The summed E-state index contributed by atoms with van der Waals surface area (Å²) in [4.78, 5) is 20.6. The van der Waals surface area contributed by atoms with Crippen LogP contribution < -0.4 is 5.56 Å². The van der Waals surface area contributed by atoms with E-state index in [0.717, 1.165) is 16.0 Å². The van der Waals surface area contributed by atoms with Gasteiger partial charge in [0, 0.05) is 4.88 Å². The predicted molar refractivity (Wildman–Crippen MR) is 79.9 cm³/mol. The third kappa shape index (κ3) is 2.13. The number of nitrogens with zero attached hydrogens (tertiary/aromatic N) is 1. The number of aromatic nitrogens is 2. The summed E-state index contributed by atoms with van der Waals surface area (Å²) >= 11 is 7.12. The SMILES string of the molecule is Cc1c(-c2ccc(F)cc2)sc2nc(CCl)[nH]c(=O)c12. The van der Waals surface area contributed by atoms with Gasteiger partial charge in [-0.3, -0.25) is 4.79 Å². The normalized spacial score (nSPS) is 11.2. The van der Waals surface area contributed by atoms with E-state index in [2.05, 4.69) is 9.97 Å². The van der Waals surface area contributed by atoms with Crippen molar-refractivity contribution < 1.29 is 4.39 Å². The van der Waals surface area contributed by atoms with Gasteiger partial charge in [-0.25, -0.2) is 9.37 Å². The molecule has 2 aromatic heterocycles. The lowest BCUT2D eigenvalue weighted by molar-refractivity contribution is 0.628. The Kier molecular flexibility index (Phi) is 3.31. The number of thiophene rings is 1. The fourth-order valence-corrected chi connectivity index (χ4v) is 3.46. The lowest BCUT2D eigenvalue weighted by Crippen LogP contribution is -2.10. The first-order valence-electron chi connectivity index (χ1n) is 5.94. The highest BCUT2D eigenvalue weighted by Crippen LogP contribution is 2.35. The van der Waals surface area contributed by atoms with Gasteiger partial charge in [0.1, 0.15) is 16.5 Å². The Morgan fingerprint density at radius 3 is 2.70 bits per heavy atom. The van der Waals surface area contributed by atoms with Crippen molar-refractivity contribution >= 4 is 33.2 Å². The summed E-state index contributed by atoms with van der Waals surface area (Å²) in [6, 6.07) is 6.20. The van der Waals surface area contributed by atoms with Gasteiger partial charge >= 0.3 is 0 Å². The van der Waals surface area contributed by atoms with E-state index in [-0.39, 0.29) is 17.3 Å². The molecule has 0 unspecified atom stereocenters. The maximum absolute atomic E-state index is 13.0. The largest absolute Gasteiger partial charge is 0.309 e. The summed E-state index contributed by atoms with van der Waals surface area (Å²) in [5, 5.41) is 0.572. The Labute approximate surface area is 123 Å². The van der Waals surface area contributed by atoms with Crippen molar-refractivity contribution in [2.24, 2.45) is 0 Å². The predicted octanol–water partition coefficient (Wildman–Crippen LogP) is 3.84. The van der Waals surface area contributed by atoms with Crippen molar-refractivity contribution in [1.82, 2.24) is 9.97 Å². The highest BCUT2D eigenvalue weighted by atomic mass is 35.5. The quantitative estimate of drug-likeness (QED) is 0.731. The number of H-pyrrole nitrogens is 1. The van der Waals surface area contributed by atoms with Crippen molar-refractivity contribution in [2.45, 2.75) is 12.8 Å². The highest BCUT2D eigenvalue weighted by molar-refractivity contribution is 7.22. The van der Waals surface area contributed by atoms with Crippen LogP contribution in [0.5, 0.6) is 0 Å². The van der Waals surface area contributed by atoms with Gasteiger partial charge in [0.2, 0.25) is 0 Å². The number of benzene rings is 1. The molecule has 0 aliphatic rings. The lowest BCUT2D eigenvalue weighted by atomic mass is 10.1. The molecule has 1 aromatic carbocycles. The Balaban J connectivity index is 2.28. The minimum absolute atomic E-state index is 0.161. The van der Waals surface area contributed by atoms with Gasteiger partial charge in [-0.2, -0.15) is 0 Å². The maximum Gasteiger partial charge on any atom is 0.259 e. The maximum atomic E-state index is 13.0. The van der Waals surface area contributed by atoms with E-state index in [1.807, 2.05) is 6.92 Å². The number of fused-ring (bicyclic) bond motifs is 1. The first-order valence-corrected chi connectivity index (χ1v) is 7.29. The van der Waals surface area contributed by atoms with E-state index in [4.69, 9.17) is 11.6 Å². The third-order valence-electron chi connectivity index (χ3n) is 3.08. The number of halogens is 2. The van der Waals surface area contributed by atoms with E-state index in [1.165, 1.54) is 23.5 Å². The second kappa shape index (κ2) is 5.00. The molecule has 0 aliphatic carbocycles. The highest BCUT2D eigenvalue weighted by Gasteiger charge is 2.15. The van der Waals surface area contributed by atoms with Gasteiger partial charge in [0.25, 0.3) is 5.56 Å². The van der Waals surface area contributed by atoms with E-state index < -0.39 is 0 Å². The second-order valence-corrected chi connectivity index (χ2v) is 5.66. The molecule has 102 valence electrons. The number of aryl methyl sites for hydroxylation is 1. The van der Waals surface area contributed by atoms with Gasteiger partial charge in [0.05, 0.1) is 11.3 Å². The second-order valence-electron chi connectivity index (χ2n) is 4.39. The van der Waals surface area contributed by atoms with Gasteiger partial charge < -0.3 is 4.98 Å². The first-order chi connectivity index (χ1) is 9.60. The summed E-state index contributed by atoms with van der Waals surface area (Å²) < 4.78 is 13.0. The zero-order valence-electron chi connectivity index (χ0n) is 10.5. The molecule has 0 fully saturated rings. The van der Waals surface area contributed by atoms with Crippen molar-refractivity contribution in [3.05, 3.63) is 51.8 Å². The zero-order valence-corrected chi connectivity index (χ0v) is 12.1. The van der Waals surface area contributed by atoms with E-state index in [1.54, 1.807) is 12.1 Å². The molecule has 0 atom stereocenters. The van der Waals surface area contributed by atoms with Crippen LogP contribution in [0.2, 0.25) is 0 Å². The molecule has 1 N–H and O–H groups in total. The molecule has 0 saturated heterocycles. The van der Waals surface area contributed by atoms with E-state index in [9.17, 15) is 9.18 Å². The minimum Gasteiger partial charge on any atom is -0.309 e. The number of alkyl halides is 1. The van der Waals surface area contributed by atoms with Crippen LogP contribution in [0.15, 0.2) is 29.1 Å². The zero-order chi connectivity index (χ0) is 14.3. The van der Waals surface area contributed by atoms with Crippen LogP contribution in [0.3, 0.4) is 0 Å². The molecule has 0 amide bonds. The number of nitrogens with one attached hydrogen (secondary N) is 1. The van der Waals surface area contributed by atoms with Crippen molar-refractivity contribution in [2.75, 3.05) is 0 Å². The molecule has 3 rings (SSSR count). The summed E-state index contributed by atoms with van der Waals surface area (Å²) in [5.41, 5.74) is 1.54. The molecule has 3 nitrogen and oxygen atoms in total. The summed E-state index contributed by atoms with van der Waals surface area (Å²) in [6.45, 7) is 1.87. The number of rotatable bonds is 2. The Hall–Kier alpha value is -1.72. The molecule has 2 heterocycles. The van der Waals surface area contributed by atoms with Gasteiger partial charge in [-0.1, -0.05) is 12.1 Å². The third-order valence-corrected chi connectivity index (χ3v) is 4.57. The van der Waals surface area contributed by atoms with Crippen LogP contribution >= 0.6 is 22.9 Å². The van der Waals surface area contributed by atoms with Crippen LogP contribution in [0.25, 0.3) is 20.7 Å². The van der Waals surface area contributed by atoms with Crippen LogP contribution in [0.4, 0.5) is 4.39 Å².